The maximum Gasteiger partial charge on any atom is 0.254 e. The van der Waals surface area contributed by atoms with Crippen molar-refractivity contribution < 1.29 is 4.79 Å². The van der Waals surface area contributed by atoms with Crippen LogP contribution in [-0.2, 0) is 19.6 Å². The fraction of sp³-hybridized carbons (Fsp3) is 0.581. The average Bonchev–Trinajstić information content (AvgIpc) is 3.73. The predicted octanol–water partition coefficient (Wildman–Crippen LogP) is 5.23. The van der Waals surface area contributed by atoms with Crippen LogP contribution in [0.3, 0.4) is 0 Å². The number of carbonyl (C=O) groups excluding carboxylic acids is 1. The molecule has 8 heteroatoms. The summed E-state index contributed by atoms with van der Waals surface area (Å²) in [7, 11) is 0. The Hall–Kier alpha value is -2.97. The number of imidazole rings is 2. The summed E-state index contributed by atoms with van der Waals surface area (Å²) in [4.78, 5) is 35.5. The number of H-pyrrole nitrogens is 2. The molecular formula is C31H45N7O. The lowest BCUT2D eigenvalue weighted by Gasteiger charge is -2.43. The lowest BCUT2D eigenvalue weighted by molar-refractivity contribution is 0.0685. The third kappa shape index (κ3) is 6.97. The molecule has 210 valence electrons. The number of nitrogens with zero attached hydrogens (tertiary/aromatic N) is 5. The van der Waals surface area contributed by atoms with Gasteiger partial charge in [-0.1, -0.05) is 38.8 Å². The molecule has 2 N–H and O–H groups in total. The lowest BCUT2D eigenvalue weighted by Crippen LogP contribution is -2.46. The van der Waals surface area contributed by atoms with Crippen molar-refractivity contribution in [3.8, 4) is 0 Å². The van der Waals surface area contributed by atoms with Crippen molar-refractivity contribution in [2.24, 2.45) is 5.41 Å². The van der Waals surface area contributed by atoms with E-state index in [0.717, 1.165) is 24.2 Å². The molecule has 1 aromatic carbocycles. The second-order valence-corrected chi connectivity index (χ2v) is 11.7. The van der Waals surface area contributed by atoms with Gasteiger partial charge in [0.05, 0.1) is 13.1 Å². The molecule has 0 saturated carbocycles. The average molecular weight is 532 g/mol. The van der Waals surface area contributed by atoms with E-state index in [2.05, 4.69) is 55.7 Å². The number of amides is 1. The molecule has 2 aromatic heterocycles. The number of hydrogen-bond acceptors (Lipinski definition) is 5. The van der Waals surface area contributed by atoms with E-state index in [9.17, 15) is 4.79 Å². The highest BCUT2D eigenvalue weighted by molar-refractivity contribution is 5.94. The van der Waals surface area contributed by atoms with Crippen LogP contribution in [0.25, 0.3) is 0 Å². The highest BCUT2D eigenvalue weighted by atomic mass is 16.2. The molecule has 2 saturated heterocycles. The first-order valence-electron chi connectivity index (χ1n) is 14.9. The minimum Gasteiger partial charge on any atom is -0.347 e. The number of nitrogens with one attached hydrogen (secondary N) is 2. The van der Waals surface area contributed by atoms with E-state index in [4.69, 9.17) is 0 Å². The first kappa shape index (κ1) is 27.6. The summed E-state index contributed by atoms with van der Waals surface area (Å²) in [5, 5.41) is 0. The molecule has 1 spiro atoms. The summed E-state index contributed by atoms with van der Waals surface area (Å²) in [5.41, 5.74) is 2.46. The van der Waals surface area contributed by atoms with Gasteiger partial charge >= 0.3 is 0 Å². The highest BCUT2D eigenvalue weighted by Crippen LogP contribution is 2.41. The molecule has 0 radical (unpaired) electrons. The lowest BCUT2D eigenvalue weighted by atomic mass is 9.77. The van der Waals surface area contributed by atoms with E-state index < -0.39 is 0 Å². The predicted molar refractivity (Wildman–Crippen MR) is 154 cm³/mol. The summed E-state index contributed by atoms with van der Waals surface area (Å²) >= 11 is 0. The Morgan fingerprint density at radius 3 is 2.05 bits per heavy atom. The molecule has 3 aromatic rings. The van der Waals surface area contributed by atoms with Crippen LogP contribution in [-0.4, -0.2) is 72.8 Å². The molecule has 0 bridgehead atoms. The molecule has 0 atom stereocenters. The molecule has 0 unspecified atom stereocenters. The van der Waals surface area contributed by atoms with Gasteiger partial charge in [0.15, 0.2) is 0 Å². The van der Waals surface area contributed by atoms with Gasteiger partial charge in [-0.25, -0.2) is 9.97 Å². The van der Waals surface area contributed by atoms with Crippen LogP contribution < -0.4 is 0 Å². The summed E-state index contributed by atoms with van der Waals surface area (Å²) in [6, 6.07) is 8.98. The molecule has 2 fully saturated rings. The number of rotatable bonds is 12. The highest BCUT2D eigenvalue weighted by Gasteiger charge is 2.41. The number of aromatic amines is 2. The topological polar surface area (TPSA) is 84.2 Å². The van der Waals surface area contributed by atoms with Crippen LogP contribution in [0.15, 0.2) is 49.1 Å². The summed E-state index contributed by atoms with van der Waals surface area (Å²) in [6.07, 6.45) is 16.2. The third-order valence-electron chi connectivity index (χ3n) is 8.82. The number of benzene rings is 1. The van der Waals surface area contributed by atoms with E-state index >= 15 is 0 Å². The zero-order valence-corrected chi connectivity index (χ0v) is 23.7. The Bertz CT molecular complexity index is 1090. The van der Waals surface area contributed by atoms with Crippen LogP contribution in [0.1, 0.15) is 86.4 Å². The molecule has 39 heavy (non-hydrogen) atoms. The van der Waals surface area contributed by atoms with Gasteiger partial charge in [0.25, 0.3) is 5.91 Å². The van der Waals surface area contributed by atoms with Gasteiger partial charge in [0, 0.05) is 49.5 Å². The maximum absolute atomic E-state index is 13.4. The second kappa shape index (κ2) is 12.9. The van der Waals surface area contributed by atoms with Crippen molar-refractivity contribution in [2.75, 3.05) is 26.2 Å². The number of aromatic nitrogens is 4. The Balaban J connectivity index is 1.16. The van der Waals surface area contributed by atoms with E-state index in [-0.39, 0.29) is 5.91 Å². The van der Waals surface area contributed by atoms with Crippen molar-refractivity contribution in [1.29, 1.82) is 0 Å². The Kier molecular flexibility index (Phi) is 9.14. The number of hydrogen-bond donors (Lipinski definition) is 2. The van der Waals surface area contributed by atoms with Gasteiger partial charge in [0.1, 0.15) is 11.6 Å². The van der Waals surface area contributed by atoms with Gasteiger partial charge in [-0.3, -0.25) is 9.69 Å². The largest absolute Gasteiger partial charge is 0.347 e. The second-order valence-electron chi connectivity index (χ2n) is 11.7. The van der Waals surface area contributed by atoms with Gasteiger partial charge < -0.3 is 19.8 Å². The third-order valence-corrected chi connectivity index (χ3v) is 8.82. The van der Waals surface area contributed by atoms with E-state index in [1.54, 1.807) is 29.7 Å². The monoisotopic (exact) mass is 531 g/mol. The Morgan fingerprint density at radius 2 is 1.51 bits per heavy atom. The van der Waals surface area contributed by atoms with Crippen LogP contribution in [0, 0.1) is 5.41 Å². The smallest absolute Gasteiger partial charge is 0.254 e. The van der Waals surface area contributed by atoms with Crippen LogP contribution in [0.2, 0.25) is 0 Å². The molecule has 2 aliphatic heterocycles. The SMILES string of the molecule is CCCC(CCC)N1CCC2(CCN(Cc3ccc(C(=O)N(Cc4ncc[nH]4)Cc4ncc[nH]4)cc3)C2)CC1. The fourth-order valence-corrected chi connectivity index (χ4v) is 6.63. The minimum absolute atomic E-state index is 0.0225. The summed E-state index contributed by atoms with van der Waals surface area (Å²) < 4.78 is 0. The molecule has 5 rings (SSSR count). The standard InChI is InChI=1S/C31H45N7O/c1-3-5-27(6-4-2)37-19-12-31(13-20-37)11-18-36(24-31)21-25-7-9-26(10-8-25)30(39)38(22-28-32-14-15-33-28)23-29-34-16-17-35-29/h7-10,14-17,27H,3-6,11-13,18-24H2,1-2H3,(H,32,33)(H,34,35). The molecule has 8 nitrogen and oxygen atoms in total. The van der Waals surface area contributed by atoms with Crippen molar-refractivity contribution in [2.45, 2.75) is 84.5 Å². The molecule has 4 heterocycles. The summed E-state index contributed by atoms with van der Waals surface area (Å²) in [5.74, 6) is 1.49. The molecular weight excluding hydrogens is 486 g/mol. The van der Waals surface area contributed by atoms with Crippen molar-refractivity contribution in [1.82, 2.24) is 34.6 Å². The van der Waals surface area contributed by atoms with Gasteiger partial charge in [0.2, 0.25) is 0 Å². The molecule has 0 aliphatic carbocycles. The fourth-order valence-electron chi connectivity index (χ4n) is 6.63. The van der Waals surface area contributed by atoms with Gasteiger partial charge in [-0.05, 0) is 74.8 Å². The quantitative estimate of drug-likeness (QED) is 0.334. The van der Waals surface area contributed by atoms with Crippen LogP contribution in [0.5, 0.6) is 0 Å². The zero-order chi connectivity index (χ0) is 27.1. The normalized spacial score (nSPS) is 17.8. The van der Waals surface area contributed by atoms with Crippen LogP contribution in [0.4, 0.5) is 0 Å². The molecule has 1 amide bonds. The molecule has 2 aliphatic rings. The van der Waals surface area contributed by atoms with Crippen LogP contribution >= 0.6 is 0 Å². The van der Waals surface area contributed by atoms with Gasteiger partial charge in [-0.15, -0.1) is 0 Å². The number of piperidine rings is 1. The maximum atomic E-state index is 13.4. The van der Waals surface area contributed by atoms with E-state index in [1.807, 2.05) is 12.1 Å². The first-order chi connectivity index (χ1) is 19.1. The first-order valence-corrected chi connectivity index (χ1v) is 14.9. The van der Waals surface area contributed by atoms with E-state index in [1.165, 1.54) is 76.7 Å². The van der Waals surface area contributed by atoms with Crippen molar-refractivity contribution in [3.05, 3.63) is 71.8 Å². The minimum atomic E-state index is -0.0225. The van der Waals surface area contributed by atoms with Crippen molar-refractivity contribution >= 4 is 5.91 Å². The number of likely N-dealkylation sites (tertiary alicyclic amines) is 2. The zero-order valence-electron chi connectivity index (χ0n) is 23.7. The summed E-state index contributed by atoms with van der Waals surface area (Å²) in [6.45, 7) is 11.3. The number of carbonyl (C=O) groups is 1. The van der Waals surface area contributed by atoms with E-state index in [0.29, 0.717) is 24.1 Å². The van der Waals surface area contributed by atoms with Gasteiger partial charge in [-0.2, -0.15) is 0 Å². The van der Waals surface area contributed by atoms with Crippen molar-refractivity contribution in [3.63, 3.8) is 0 Å². The Morgan fingerprint density at radius 1 is 0.923 bits per heavy atom. The Labute approximate surface area is 233 Å².